The number of methoxy groups -OCH3 is 1. The first-order valence-corrected chi connectivity index (χ1v) is 7.49. The first-order chi connectivity index (χ1) is 11.3. The highest BCUT2D eigenvalue weighted by Crippen LogP contribution is 2.25. The van der Waals surface area contributed by atoms with Crippen molar-refractivity contribution in [2.75, 3.05) is 26.9 Å². The van der Waals surface area contributed by atoms with Gasteiger partial charge in [-0.2, -0.15) is 15.3 Å². The highest BCUT2D eigenvalue weighted by Gasteiger charge is 2.25. The number of rotatable bonds is 6. The molecule has 0 radical (unpaired) electrons. The quantitative estimate of drug-likeness (QED) is 0.827. The third-order valence-corrected chi connectivity index (χ3v) is 3.68. The van der Waals surface area contributed by atoms with Crippen LogP contribution in [0.4, 0.5) is 0 Å². The van der Waals surface area contributed by atoms with E-state index < -0.39 is 0 Å². The minimum atomic E-state index is -0.235. The van der Waals surface area contributed by atoms with Crippen LogP contribution in [-0.2, 0) is 22.4 Å². The van der Waals surface area contributed by atoms with E-state index in [1.165, 1.54) is 12.4 Å². The normalized spacial score (nSPS) is 16.8. The third kappa shape index (κ3) is 3.72. The van der Waals surface area contributed by atoms with Gasteiger partial charge in [-0.25, -0.2) is 0 Å². The average Bonchev–Trinajstić information content (AvgIpc) is 3.02. The van der Waals surface area contributed by atoms with Crippen LogP contribution in [0.15, 0.2) is 24.7 Å². The zero-order valence-electron chi connectivity index (χ0n) is 12.9. The van der Waals surface area contributed by atoms with Crippen LogP contribution in [-0.4, -0.2) is 52.8 Å². The van der Waals surface area contributed by atoms with Crippen molar-refractivity contribution in [3.8, 4) is 0 Å². The highest BCUT2D eigenvalue weighted by atomic mass is 16.5. The second-order valence-corrected chi connectivity index (χ2v) is 5.25. The summed E-state index contributed by atoms with van der Waals surface area (Å²) < 4.78 is 12.7. The molecule has 0 bridgehead atoms. The average molecular weight is 317 g/mol. The maximum atomic E-state index is 12.1. The number of hydrogen-bond donors (Lipinski definition) is 1. The predicted octanol–water partition coefficient (Wildman–Crippen LogP) is 0.363. The molecular weight excluding hydrogens is 298 g/mol. The molecular formula is C15H19N5O3. The molecule has 23 heavy (non-hydrogen) atoms. The number of amides is 1. The molecule has 0 aromatic carbocycles. The van der Waals surface area contributed by atoms with E-state index in [-0.39, 0.29) is 12.0 Å². The highest BCUT2D eigenvalue weighted by molar-refractivity contribution is 5.93. The van der Waals surface area contributed by atoms with Gasteiger partial charge in [-0.15, -0.1) is 0 Å². The van der Waals surface area contributed by atoms with Gasteiger partial charge in [-0.3, -0.25) is 9.48 Å². The molecule has 1 atom stereocenters. The lowest BCUT2D eigenvalue weighted by atomic mass is 10.1. The second-order valence-electron chi connectivity index (χ2n) is 5.25. The fourth-order valence-electron chi connectivity index (χ4n) is 2.50. The molecule has 0 saturated heterocycles. The van der Waals surface area contributed by atoms with Crippen molar-refractivity contribution in [1.29, 1.82) is 0 Å². The van der Waals surface area contributed by atoms with E-state index in [4.69, 9.17) is 9.47 Å². The van der Waals surface area contributed by atoms with Crippen molar-refractivity contribution in [1.82, 2.24) is 25.3 Å². The van der Waals surface area contributed by atoms with Gasteiger partial charge in [0.15, 0.2) is 0 Å². The number of nitrogens with one attached hydrogen (secondary N) is 1. The summed E-state index contributed by atoms with van der Waals surface area (Å²) in [5.74, 6) is -0.200. The summed E-state index contributed by atoms with van der Waals surface area (Å²) >= 11 is 0. The lowest BCUT2D eigenvalue weighted by molar-refractivity contribution is 0.0382. The Kier molecular flexibility index (Phi) is 4.94. The molecule has 8 heteroatoms. The molecule has 1 N–H and O–H groups in total. The Morgan fingerprint density at radius 3 is 3.22 bits per heavy atom. The van der Waals surface area contributed by atoms with Crippen LogP contribution in [0.2, 0.25) is 0 Å². The molecule has 1 aliphatic heterocycles. The van der Waals surface area contributed by atoms with Crippen LogP contribution in [0.5, 0.6) is 0 Å². The van der Waals surface area contributed by atoms with Gasteiger partial charge in [0.05, 0.1) is 43.4 Å². The predicted molar refractivity (Wildman–Crippen MR) is 80.9 cm³/mol. The van der Waals surface area contributed by atoms with Gasteiger partial charge < -0.3 is 14.8 Å². The maximum absolute atomic E-state index is 12.1. The number of carbonyl (C=O) groups excluding carboxylic acids is 1. The van der Waals surface area contributed by atoms with E-state index in [1.54, 1.807) is 13.2 Å². The van der Waals surface area contributed by atoms with Crippen LogP contribution >= 0.6 is 0 Å². The van der Waals surface area contributed by atoms with Crippen molar-refractivity contribution < 1.29 is 14.3 Å². The lowest BCUT2D eigenvalue weighted by Gasteiger charge is -2.22. The van der Waals surface area contributed by atoms with E-state index in [0.29, 0.717) is 31.9 Å². The van der Waals surface area contributed by atoms with Gasteiger partial charge in [-0.1, -0.05) is 0 Å². The number of hydrogen-bond acceptors (Lipinski definition) is 6. The van der Waals surface area contributed by atoms with Gasteiger partial charge in [-0.05, 0) is 18.1 Å². The smallest absolute Gasteiger partial charge is 0.253 e. The summed E-state index contributed by atoms with van der Waals surface area (Å²) in [6, 6.07) is 1.62. The Bertz CT molecular complexity index is 658. The topological polar surface area (TPSA) is 91.2 Å². The van der Waals surface area contributed by atoms with E-state index >= 15 is 0 Å². The molecule has 122 valence electrons. The number of carbonyl (C=O) groups is 1. The fourth-order valence-corrected chi connectivity index (χ4v) is 2.50. The van der Waals surface area contributed by atoms with Gasteiger partial charge >= 0.3 is 0 Å². The first kappa shape index (κ1) is 15.6. The van der Waals surface area contributed by atoms with Crippen molar-refractivity contribution in [2.45, 2.75) is 19.1 Å². The second kappa shape index (κ2) is 7.30. The van der Waals surface area contributed by atoms with Crippen LogP contribution in [0.25, 0.3) is 0 Å². The zero-order chi connectivity index (χ0) is 16.1. The minimum absolute atomic E-state index is 0.200. The van der Waals surface area contributed by atoms with Crippen LogP contribution in [0.3, 0.4) is 0 Å². The number of nitrogens with zero attached hydrogens (tertiary/aromatic N) is 4. The summed E-state index contributed by atoms with van der Waals surface area (Å²) in [4.78, 5) is 12.1. The Hall–Kier alpha value is -2.32. The summed E-state index contributed by atoms with van der Waals surface area (Å²) in [6.07, 6.45) is 5.55. The molecule has 2 aromatic rings. The van der Waals surface area contributed by atoms with E-state index in [2.05, 4.69) is 20.6 Å². The summed E-state index contributed by atoms with van der Waals surface area (Å²) in [5.41, 5.74) is 2.53. The molecule has 8 nitrogen and oxygen atoms in total. The molecule has 1 amide bonds. The van der Waals surface area contributed by atoms with Crippen LogP contribution in [0.1, 0.15) is 27.7 Å². The summed E-state index contributed by atoms with van der Waals surface area (Å²) in [5, 5.41) is 14.8. The van der Waals surface area contributed by atoms with E-state index in [9.17, 15) is 4.79 Å². The maximum Gasteiger partial charge on any atom is 0.253 e. The molecule has 0 fully saturated rings. The largest absolute Gasteiger partial charge is 0.383 e. The van der Waals surface area contributed by atoms with Crippen molar-refractivity contribution in [3.05, 3.63) is 41.5 Å². The molecule has 0 saturated carbocycles. The molecule has 3 heterocycles. The van der Waals surface area contributed by atoms with E-state index in [1.807, 2.05) is 10.9 Å². The SMILES string of the molecule is COCCn1cc2c(n1)[C@H](CNC(=O)c1ccnnc1)OCC2. The minimum Gasteiger partial charge on any atom is -0.383 e. The Morgan fingerprint density at radius 1 is 1.52 bits per heavy atom. The number of ether oxygens (including phenoxy) is 2. The monoisotopic (exact) mass is 317 g/mol. The number of fused-ring (bicyclic) bond motifs is 1. The fraction of sp³-hybridized carbons (Fsp3) is 0.467. The Balaban J connectivity index is 1.64. The molecule has 3 rings (SSSR count). The summed E-state index contributed by atoms with van der Waals surface area (Å²) in [6.45, 7) is 2.30. The Morgan fingerprint density at radius 2 is 2.43 bits per heavy atom. The lowest BCUT2D eigenvalue weighted by Crippen LogP contribution is -2.32. The van der Waals surface area contributed by atoms with Gasteiger partial charge in [0.1, 0.15) is 6.10 Å². The van der Waals surface area contributed by atoms with Crippen molar-refractivity contribution in [2.24, 2.45) is 0 Å². The molecule has 0 unspecified atom stereocenters. The third-order valence-electron chi connectivity index (χ3n) is 3.68. The van der Waals surface area contributed by atoms with Gasteiger partial charge in [0.2, 0.25) is 0 Å². The Labute approximate surface area is 133 Å². The van der Waals surface area contributed by atoms with Crippen LogP contribution < -0.4 is 5.32 Å². The zero-order valence-corrected chi connectivity index (χ0v) is 12.9. The summed E-state index contributed by atoms with van der Waals surface area (Å²) in [7, 11) is 1.67. The molecule has 2 aromatic heterocycles. The van der Waals surface area contributed by atoms with Crippen LogP contribution in [0, 0.1) is 0 Å². The molecule has 1 aliphatic rings. The van der Waals surface area contributed by atoms with Crippen molar-refractivity contribution in [3.63, 3.8) is 0 Å². The van der Waals surface area contributed by atoms with Gasteiger partial charge in [0, 0.05) is 19.9 Å². The van der Waals surface area contributed by atoms with Crippen molar-refractivity contribution >= 4 is 5.91 Å². The molecule has 0 aliphatic carbocycles. The van der Waals surface area contributed by atoms with E-state index in [0.717, 1.165) is 17.7 Å². The standard InChI is InChI=1S/C15H19N5O3/c1-22-7-5-20-10-12-3-6-23-13(14(12)19-20)9-16-15(21)11-2-4-17-18-8-11/h2,4,8,10,13H,3,5-7,9H2,1H3,(H,16,21)/t13-/m0/s1. The molecule has 0 spiro atoms. The first-order valence-electron chi connectivity index (χ1n) is 7.49. The number of aromatic nitrogens is 4. The van der Waals surface area contributed by atoms with Gasteiger partial charge in [0.25, 0.3) is 5.91 Å².